The van der Waals surface area contributed by atoms with E-state index in [0.717, 1.165) is 12.1 Å². The van der Waals surface area contributed by atoms with Crippen molar-refractivity contribution < 1.29 is 18.7 Å². The molecule has 3 rings (SSSR count). The lowest BCUT2D eigenvalue weighted by Crippen LogP contribution is -2.42. The molecule has 1 unspecified atom stereocenters. The maximum Gasteiger partial charge on any atom is 0.242 e. The summed E-state index contributed by atoms with van der Waals surface area (Å²) in [5.74, 6) is -1.83. The molecule has 0 bridgehead atoms. The van der Waals surface area contributed by atoms with Crippen molar-refractivity contribution in [3.05, 3.63) is 47.8 Å². The van der Waals surface area contributed by atoms with Crippen LogP contribution in [0, 0.1) is 17.6 Å². The molecule has 2 aromatic rings. The van der Waals surface area contributed by atoms with Crippen molar-refractivity contribution in [2.24, 2.45) is 5.92 Å². The Morgan fingerprint density at radius 3 is 2.83 bits per heavy atom. The Bertz CT molecular complexity index is 687. The van der Waals surface area contributed by atoms with Crippen molar-refractivity contribution in [3.8, 4) is 0 Å². The first-order chi connectivity index (χ1) is 11.0. The molecule has 1 aliphatic carbocycles. The van der Waals surface area contributed by atoms with Gasteiger partial charge in [-0.05, 0) is 24.8 Å². The van der Waals surface area contributed by atoms with Crippen molar-refractivity contribution in [1.82, 2.24) is 20.3 Å². The number of aliphatic hydroxyl groups excluding tert-OH is 1. The van der Waals surface area contributed by atoms with Gasteiger partial charge in [0.05, 0.1) is 18.3 Å². The summed E-state index contributed by atoms with van der Waals surface area (Å²) in [4.78, 5) is 12.1. The number of amides is 1. The highest BCUT2D eigenvalue weighted by Crippen LogP contribution is 2.38. The second-order valence-electron chi connectivity index (χ2n) is 5.70. The zero-order valence-electron chi connectivity index (χ0n) is 12.2. The van der Waals surface area contributed by atoms with Crippen molar-refractivity contribution in [3.63, 3.8) is 0 Å². The fourth-order valence-electron chi connectivity index (χ4n) is 2.79. The number of aromatic nitrogens is 3. The molecule has 1 saturated carbocycles. The van der Waals surface area contributed by atoms with E-state index in [4.69, 9.17) is 0 Å². The van der Waals surface area contributed by atoms with Crippen LogP contribution in [-0.4, -0.2) is 32.1 Å². The number of halogens is 2. The molecule has 1 aromatic heterocycles. The van der Waals surface area contributed by atoms with Crippen molar-refractivity contribution >= 4 is 5.91 Å². The second-order valence-corrected chi connectivity index (χ2v) is 5.70. The highest BCUT2D eigenvalue weighted by Gasteiger charge is 2.36. The fraction of sp³-hybridized carbons (Fsp3) is 0.400. The summed E-state index contributed by atoms with van der Waals surface area (Å²) in [7, 11) is 0. The topological polar surface area (TPSA) is 80.0 Å². The van der Waals surface area contributed by atoms with Crippen molar-refractivity contribution in [2.45, 2.75) is 31.5 Å². The Labute approximate surface area is 131 Å². The third-order valence-corrected chi connectivity index (χ3v) is 4.01. The summed E-state index contributed by atoms with van der Waals surface area (Å²) >= 11 is 0. The molecule has 8 heteroatoms. The number of benzene rings is 1. The third-order valence-electron chi connectivity index (χ3n) is 4.01. The maximum absolute atomic E-state index is 14.1. The Balaban J connectivity index is 1.77. The molecule has 6 nitrogen and oxygen atoms in total. The standard InChI is InChI=1S/C15H16F2N4O2/c16-10-1-2-12(13(17)7-10)15(9-5-11(22)6-9)19-14(23)8-21-4-3-18-20-21/h1-4,7,9,11,15,22H,5-6,8H2,(H,19,23). The second kappa shape index (κ2) is 6.41. The molecule has 1 amide bonds. The minimum absolute atomic E-state index is 0.0470. The SMILES string of the molecule is O=C(Cn1ccnn1)NC(c1ccc(F)cc1F)C1CC(O)C1. The van der Waals surface area contributed by atoms with E-state index in [1.807, 2.05) is 0 Å². The van der Waals surface area contributed by atoms with Gasteiger partial charge in [0.25, 0.3) is 0 Å². The third kappa shape index (κ3) is 3.53. The Morgan fingerprint density at radius 2 is 2.22 bits per heavy atom. The lowest BCUT2D eigenvalue weighted by Gasteiger charge is -2.38. The summed E-state index contributed by atoms with van der Waals surface area (Å²) in [5.41, 5.74) is 0.218. The number of hydrogen-bond acceptors (Lipinski definition) is 4. The van der Waals surface area contributed by atoms with Gasteiger partial charge >= 0.3 is 0 Å². The summed E-state index contributed by atoms with van der Waals surface area (Å²) in [6, 6.07) is 2.66. The monoisotopic (exact) mass is 322 g/mol. The smallest absolute Gasteiger partial charge is 0.242 e. The molecule has 122 valence electrons. The van der Waals surface area contributed by atoms with E-state index in [2.05, 4.69) is 15.6 Å². The van der Waals surface area contributed by atoms with Crippen LogP contribution in [0.15, 0.2) is 30.6 Å². The Morgan fingerprint density at radius 1 is 1.43 bits per heavy atom. The molecule has 1 fully saturated rings. The average molecular weight is 322 g/mol. The van der Waals surface area contributed by atoms with Gasteiger partial charge in [-0.3, -0.25) is 4.79 Å². The predicted molar refractivity (Wildman–Crippen MR) is 76.0 cm³/mol. The van der Waals surface area contributed by atoms with Gasteiger partial charge in [0.15, 0.2) is 0 Å². The van der Waals surface area contributed by atoms with Crippen LogP contribution in [0.1, 0.15) is 24.4 Å². The van der Waals surface area contributed by atoms with E-state index in [9.17, 15) is 18.7 Å². The fourth-order valence-corrected chi connectivity index (χ4v) is 2.79. The maximum atomic E-state index is 14.1. The molecule has 1 aliphatic rings. The van der Waals surface area contributed by atoms with Crippen molar-refractivity contribution in [2.75, 3.05) is 0 Å². The molecule has 23 heavy (non-hydrogen) atoms. The largest absolute Gasteiger partial charge is 0.393 e. The first kappa shape index (κ1) is 15.5. The number of hydrogen-bond donors (Lipinski definition) is 2. The van der Waals surface area contributed by atoms with Crippen LogP contribution in [0.4, 0.5) is 8.78 Å². The molecule has 1 aromatic carbocycles. The van der Waals surface area contributed by atoms with Gasteiger partial charge in [0.1, 0.15) is 18.2 Å². The summed E-state index contributed by atoms with van der Waals surface area (Å²) in [6.07, 6.45) is 3.47. The normalized spacial score (nSPS) is 21.5. The van der Waals surface area contributed by atoms with Crippen molar-refractivity contribution in [1.29, 1.82) is 0 Å². The summed E-state index contributed by atoms with van der Waals surface area (Å²) < 4.78 is 28.5. The number of rotatable bonds is 5. The molecule has 2 N–H and O–H groups in total. The first-order valence-corrected chi connectivity index (χ1v) is 7.29. The first-order valence-electron chi connectivity index (χ1n) is 7.29. The van der Waals surface area contributed by atoms with Crippen LogP contribution >= 0.6 is 0 Å². The summed E-state index contributed by atoms with van der Waals surface area (Å²) in [6.45, 7) is -0.0470. The van der Waals surface area contributed by atoms with Gasteiger partial charge in [0.2, 0.25) is 5.91 Å². The van der Waals surface area contributed by atoms with E-state index in [1.165, 1.54) is 16.9 Å². The van der Waals surface area contributed by atoms with Crippen LogP contribution in [0.5, 0.6) is 0 Å². The quantitative estimate of drug-likeness (QED) is 0.866. The zero-order valence-corrected chi connectivity index (χ0v) is 12.2. The molecule has 1 atom stereocenters. The van der Waals surface area contributed by atoms with E-state index in [1.54, 1.807) is 6.20 Å². The molecule has 0 aliphatic heterocycles. The lowest BCUT2D eigenvalue weighted by molar-refractivity contribution is -0.123. The number of aliphatic hydroxyl groups is 1. The molecular weight excluding hydrogens is 306 g/mol. The van der Waals surface area contributed by atoms with Crippen LogP contribution in [0.2, 0.25) is 0 Å². The van der Waals surface area contributed by atoms with Crippen LogP contribution < -0.4 is 5.32 Å². The van der Waals surface area contributed by atoms with Gasteiger partial charge in [-0.2, -0.15) is 0 Å². The average Bonchev–Trinajstić information content (AvgIpc) is 2.95. The van der Waals surface area contributed by atoms with Gasteiger partial charge in [0, 0.05) is 17.8 Å². The Kier molecular flexibility index (Phi) is 4.33. The van der Waals surface area contributed by atoms with Crippen LogP contribution in [0.3, 0.4) is 0 Å². The highest BCUT2D eigenvalue weighted by atomic mass is 19.1. The zero-order chi connectivity index (χ0) is 16.4. The van der Waals surface area contributed by atoms with Crippen LogP contribution in [0.25, 0.3) is 0 Å². The number of carbonyl (C=O) groups is 1. The molecule has 0 radical (unpaired) electrons. The van der Waals surface area contributed by atoms with Gasteiger partial charge < -0.3 is 10.4 Å². The highest BCUT2D eigenvalue weighted by molar-refractivity contribution is 5.76. The van der Waals surface area contributed by atoms with E-state index in [0.29, 0.717) is 12.8 Å². The number of nitrogens with one attached hydrogen (secondary N) is 1. The molecule has 0 saturated heterocycles. The van der Waals surface area contributed by atoms with Crippen LogP contribution in [-0.2, 0) is 11.3 Å². The molecule has 0 spiro atoms. The lowest BCUT2D eigenvalue weighted by atomic mass is 9.75. The molecular formula is C15H16F2N4O2. The van der Waals surface area contributed by atoms with Gasteiger partial charge in [-0.15, -0.1) is 5.10 Å². The minimum Gasteiger partial charge on any atom is -0.393 e. The summed E-state index contributed by atoms with van der Waals surface area (Å²) in [5, 5.41) is 19.5. The van der Waals surface area contributed by atoms with Gasteiger partial charge in [-0.1, -0.05) is 11.3 Å². The number of nitrogens with zero attached hydrogens (tertiary/aromatic N) is 3. The van der Waals surface area contributed by atoms with Gasteiger partial charge in [-0.25, -0.2) is 13.5 Å². The Hall–Kier alpha value is -2.35. The minimum atomic E-state index is -0.711. The number of carbonyl (C=O) groups excluding carboxylic acids is 1. The van der Waals surface area contributed by atoms with E-state index in [-0.39, 0.29) is 23.9 Å². The van der Waals surface area contributed by atoms with E-state index < -0.39 is 23.8 Å². The predicted octanol–water partition coefficient (Wildman–Crippen LogP) is 1.18. The van der Waals surface area contributed by atoms with E-state index >= 15 is 0 Å². The molecule has 1 heterocycles.